The Morgan fingerprint density at radius 3 is 2.35 bits per heavy atom. The van der Waals surface area contributed by atoms with Gasteiger partial charge in [0.1, 0.15) is 0 Å². The first-order valence-electron chi connectivity index (χ1n) is 6.30. The van der Waals surface area contributed by atoms with Crippen molar-refractivity contribution in [3.05, 3.63) is 58.1 Å². The monoisotopic (exact) mass is 353 g/mol. The van der Waals surface area contributed by atoms with E-state index in [1.807, 2.05) is 18.2 Å². The van der Waals surface area contributed by atoms with Crippen molar-refractivity contribution in [1.82, 2.24) is 0 Å². The fraction of sp³-hybridized carbons (Fsp3) is 0.200. The molecule has 0 radical (unpaired) electrons. The van der Waals surface area contributed by atoms with E-state index in [-0.39, 0.29) is 4.90 Å². The minimum Gasteiger partial charge on any atom is -0.280 e. The van der Waals surface area contributed by atoms with Crippen molar-refractivity contribution < 1.29 is 8.42 Å². The molecule has 0 saturated heterocycles. The largest absolute Gasteiger partial charge is 0.280 e. The van der Waals surface area contributed by atoms with Crippen molar-refractivity contribution in [3.8, 4) is 0 Å². The zero-order valence-electron chi connectivity index (χ0n) is 11.4. The molecule has 0 bridgehead atoms. The number of nitrogens with one attached hydrogen (secondary N) is 1. The first kappa shape index (κ1) is 15.1. The first-order chi connectivity index (χ1) is 9.42. The van der Waals surface area contributed by atoms with Crippen molar-refractivity contribution in [3.63, 3.8) is 0 Å². The molecule has 0 atom stereocenters. The van der Waals surface area contributed by atoms with Crippen molar-refractivity contribution in [2.45, 2.75) is 25.2 Å². The Bertz CT molecular complexity index is 709. The van der Waals surface area contributed by atoms with Crippen LogP contribution in [0.4, 0.5) is 5.69 Å². The Hall–Kier alpha value is -1.33. The molecule has 0 saturated carbocycles. The van der Waals surface area contributed by atoms with Crippen molar-refractivity contribution in [2.75, 3.05) is 4.72 Å². The Morgan fingerprint density at radius 1 is 1.10 bits per heavy atom. The van der Waals surface area contributed by atoms with Crippen LogP contribution in [0.1, 0.15) is 18.1 Å². The summed E-state index contributed by atoms with van der Waals surface area (Å²) in [6.07, 6.45) is 0.928. The zero-order chi connectivity index (χ0) is 14.8. The van der Waals surface area contributed by atoms with Crippen molar-refractivity contribution >= 4 is 31.6 Å². The maximum Gasteiger partial charge on any atom is 0.262 e. The van der Waals surface area contributed by atoms with Crippen LogP contribution < -0.4 is 4.72 Å². The van der Waals surface area contributed by atoms with Gasteiger partial charge in [0.15, 0.2) is 0 Å². The fourth-order valence-electron chi connectivity index (χ4n) is 1.88. The Balaban J connectivity index is 2.32. The molecule has 0 spiro atoms. The van der Waals surface area contributed by atoms with Gasteiger partial charge in [-0.3, -0.25) is 4.72 Å². The van der Waals surface area contributed by atoms with Gasteiger partial charge in [-0.2, -0.15) is 0 Å². The smallest absolute Gasteiger partial charge is 0.262 e. The Morgan fingerprint density at radius 2 is 1.75 bits per heavy atom. The lowest BCUT2D eigenvalue weighted by Gasteiger charge is -2.11. The Labute approximate surface area is 128 Å². The number of sulfonamides is 1. The summed E-state index contributed by atoms with van der Waals surface area (Å²) < 4.78 is 28.1. The van der Waals surface area contributed by atoms with Crippen LogP contribution >= 0.6 is 15.9 Å². The third-order valence-electron chi connectivity index (χ3n) is 3.05. The predicted octanol–water partition coefficient (Wildman–Crippen LogP) is 4.12. The van der Waals surface area contributed by atoms with Crippen LogP contribution in [-0.2, 0) is 16.4 Å². The molecule has 0 heterocycles. The predicted molar refractivity (Wildman–Crippen MR) is 85.5 cm³/mol. The van der Waals surface area contributed by atoms with Crippen LogP contribution in [-0.4, -0.2) is 8.42 Å². The van der Waals surface area contributed by atoms with Crippen LogP contribution in [0.3, 0.4) is 0 Å². The molecule has 0 aliphatic rings. The molecule has 0 fully saturated rings. The highest BCUT2D eigenvalue weighted by molar-refractivity contribution is 9.10. The van der Waals surface area contributed by atoms with E-state index in [9.17, 15) is 8.42 Å². The van der Waals surface area contributed by atoms with Crippen LogP contribution in [0.2, 0.25) is 0 Å². The molecule has 0 amide bonds. The molecule has 20 heavy (non-hydrogen) atoms. The van der Waals surface area contributed by atoms with Crippen LogP contribution in [0, 0.1) is 6.92 Å². The van der Waals surface area contributed by atoms with E-state index in [4.69, 9.17) is 0 Å². The lowest BCUT2D eigenvalue weighted by Crippen LogP contribution is -2.14. The van der Waals surface area contributed by atoms with Gasteiger partial charge >= 0.3 is 0 Å². The van der Waals surface area contributed by atoms with E-state index < -0.39 is 10.0 Å². The van der Waals surface area contributed by atoms with Gasteiger partial charge in [-0.15, -0.1) is 0 Å². The average Bonchev–Trinajstić information content (AvgIpc) is 2.42. The second-order valence-corrected chi connectivity index (χ2v) is 7.13. The summed E-state index contributed by atoms with van der Waals surface area (Å²) in [6, 6.07) is 12.6. The van der Waals surface area contributed by atoms with Gasteiger partial charge in [-0.05, 0) is 48.7 Å². The van der Waals surface area contributed by atoms with E-state index in [0.717, 1.165) is 10.9 Å². The highest BCUT2D eigenvalue weighted by atomic mass is 79.9. The molecular formula is C15H16BrNO2S. The van der Waals surface area contributed by atoms with Crippen LogP contribution in [0.5, 0.6) is 0 Å². The van der Waals surface area contributed by atoms with Gasteiger partial charge in [-0.1, -0.05) is 41.1 Å². The summed E-state index contributed by atoms with van der Waals surface area (Å²) in [6.45, 7) is 3.84. The van der Waals surface area contributed by atoms with Crippen LogP contribution in [0.25, 0.3) is 0 Å². The summed E-state index contributed by atoms with van der Waals surface area (Å²) >= 11 is 3.30. The molecule has 0 aromatic heterocycles. The van der Waals surface area contributed by atoms with Crippen molar-refractivity contribution in [1.29, 1.82) is 0 Å². The fourth-order valence-corrected chi connectivity index (χ4v) is 3.73. The maximum absolute atomic E-state index is 12.4. The third-order valence-corrected chi connectivity index (χ3v) is 5.07. The summed E-state index contributed by atoms with van der Waals surface area (Å²) in [5, 5.41) is 0. The minimum absolute atomic E-state index is 0.284. The quantitative estimate of drug-likeness (QED) is 0.898. The molecule has 106 valence electrons. The molecule has 0 aliphatic heterocycles. The lowest BCUT2D eigenvalue weighted by atomic mass is 10.2. The molecule has 1 N–H and O–H groups in total. The topological polar surface area (TPSA) is 46.2 Å². The molecule has 0 unspecified atom stereocenters. The summed E-state index contributed by atoms with van der Waals surface area (Å²) in [4.78, 5) is 0.284. The van der Waals surface area contributed by atoms with Gasteiger partial charge in [0, 0.05) is 10.2 Å². The van der Waals surface area contributed by atoms with E-state index in [2.05, 4.69) is 27.6 Å². The molecule has 5 heteroatoms. The SMILES string of the molecule is CCc1ccc(NS(=O)(=O)c2cc(Br)ccc2C)cc1. The number of halogens is 1. The van der Waals surface area contributed by atoms with E-state index in [1.165, 1.54) is 5.56 Å². The van der Waals surface area contributed by atoms with E-state index in [1.54, 1.807) is 31.2 Å². The molecule has 2 aromatic carbocycles. The molecule has 3 nitrogen and oxygen atoms in total. The van der Waals surface area contributed by atoms with Gasteiger partial charge < -0.3 is 0 Å². The third kappa shape index (κ3) is 3.41. The number of hydrogen-bond donors (Lipinski definition) is 1. The van der Waals surface area contributed by atoms with Crippen LogP contribution in [0.15, 0.2) is 51.8 Å². The summed E-state index contributed by atoms with van der Waals surface area (Å²) in [7, 11) is -3.57. The lowest BCUT2D eigenvalue weighted by molar-refractivity contribution is 0.600. The highest BCUT2D eigenvalue weighted by Crippen LogP contribution is 2.23. The standard InChI is InChI=1S/C15H16BrNO2S/c1-3-12-5-8-14(9-6-12)17-20(18,19)15-10-13(16)7-4-11(15)2/h4-10,17H,3H2,1-2H3. The highest BCUT2D eigenvalue weighted by Gasteiger charge is 2.17. The zero-order valence-corrected chi connectivity index (χ0v) is 13.8. The first-order valence-corrected chi connectivity index (χ1v) is 8.58. The molecule has 2 aromatic rings. The van der Waals surface area contributed by atoms with Gasteiger partial charge in [0.2, 0.25) is 0 Å². The Kier molecular flexibility index (Phi) is 4.50. The summed E-state index contributed by atoms with van der Waals surface area (Å²) in [5.41, 5.74) is 2.46. The number of rotatable bonds is 4. The van der Waals surface area contributed by atoms with Gasteiger partial charge in [0.05, 0.1) is 4.90 Å². The second-order valence-electron chi connectivity index (χ2n) is 4.57. The molecular weight excluding hydrogens is 338 g/mol. The number of benzene rings is 2. The number of hydrogen-bond acceptors (Lipinski definition) is 2. The summed E-state index contributed by atoms with van der Waals surface area (Å²) in [5.74, 6) is 0. The molecule has 0 aliphatic carbocycles. The number of aryl methyl sites for hydroxylation is 2. The van der Waals surface area contributed by atoms with Gasteiger partial charge in [-0.25, -0.2) is 8.42 Å². The normalized spacial score (nSPS) is 11.3. The second kappa shape index (κ2) is 5.97. The average molecular weight is 354 g/mol. The van der Waals surface area contributed by atoms with E-state index >= 15 is 0 Å². The molecule has 2 rings (SSSR count). The minimum atomic E-state index is -3.57. The van der Waals surface area contributed by atoms with Gasteiger partial charge in [0.25, 0.3) is 10.0 Å². The maximum atomic E-state index is 12.4. The van der Waals surface area contributed by atoms with E-state index in [0.29, 0.717) is 11.3 Å². The van der Waals surface area contributed by atoms with Crippen molar-refractivity contribution in [2.24, 2.45) is 0 Å². The number of anilines is 1.